The summed E-state index contributed by atoms with van der Waals surface area (Å²) in [5, 5.41) is 5.04. The van der Waals surface area contributed by atoms with Crippen molar-refractivity contribution < 1.29 is 13.2 Å². The zero-order valence-corrected chi connectivity index (χ0v) is 12.3. The van der Waals surface area contributed by atoms with Crippen molar-refractivity contribution in [2.24, 2.45) is 5.14 Å². The molecule has 20 heavy (non-hydrogen) atoms. The zero-order valence-electron chi connectivity index (χ0n) is 11.5. The molecule has 0 unspecified atom stereocenters. The lowest BCUT2D eigenvalue weighted by atomic mass is 10.0. The van der Waals surface area contributed by atoms with Crippen LogP contribution in [0.15, 0.2) is 47.4 Å². The van der Waals surface area contributed by atoms with Crippen LogP contribution in [0.4, 0.5) is 0 Å². The molecule has 0 saturated carbocycles. The average molecular weight is 291 g/mol. The molecule has 4 nitrogen and oxygen atoms in total. The van der Waals surface area contributed by atoms with Gasteiger partial charge < -0.3 is 4.74 Å². The summed E-state index contributed by atoms with van der Waals surface area (Å²) in [7, 11) is -3.66. The molecule has 5 heteroatoms. The molecule has 0 amide bonds. The second kappa shape index (κ2) is 5.64. The highest BCUT2D eigenvalue weighted by molar-refractivity contribution is 7.89. The molecule has 0 aliphatic carbocycles. The summed E-state index contributed by atoms with van der Waals surface area (Å²) in [5.74, 6) is 0.611. The van der Waals surface area contributed by atoms with E-state index >= 15 is 0 Å². The number of sulfonamides is 1. The fraction of sp³-hybridized carbons (Fsp3) is 0.200. The Morgan fingerprint density at radius 3 is 2.05 bits per heavy atom. The minimum atomic E-state index is -3.66. The molecular formula is C15H17NO3S. The molecule has 2 aromatic rings. The normalized spacial score (nSPS) is 11.3. The van der Waals surface area contributed by atoms with Crippen LogP contribution in [0.2, 0.25) is 0 Å². The standard InChI is InChI=1S/C15H17NO3S/c1-11-4-3-5-12(2)15(11)10-19-13-6-8-14(9-7-13)20(16,17)18/h3-9H,10H2,1-2H3,(H2,16,17,18). The molecule has 0 aromatic heterocycles. The Bertz CT molecular complexity index is 686. The lowest BCUT2D eigenvalue weighted by molar-refractivity contribution is 0.304. The molecule has 106 valence electrons. The first-order valence-corrected chi connectivity index (χ1v) is 7.73. The third kappa shape index (κ3) is 3.37. The van der Waals surface area contributed by atoms with Crippen molar-refractivity contribution in [2.45, 2.75) is 25.3 Å². The Balaban J connectivity index is 2.12. The number of rotatable bonds is 4. The van der Waals surface area contributed by atoms with Gasteiger partial charge in [-0.1, -0.05) is 18.2 Å². The highest BCUT2D eigenvalue weighted by Gasteiger charge is 2.08. The van der Waals surface area contributed by atoms with Gasteiger partial charge in [-0.3, -0.25) is 0 Å². The number of aryl methyl sites for hydroxylation is 2. The van der Waals surface area contributed by atoms with Gasteiger partial charge in [0.1, 0.15) is 12.4 Å². The highest BCUT2D eigenvalue weighted by atomic mass is 32.2. The summed E-state index contributed by atoms with van der Waals surface area (Å²) in [6, 6.07) is 12.2. The third-order valence-corrected chi connectivity index (χ3v) is 4.11. The molecule has 0 saturated heterocycles. The fourth-order valence-corrected chi connectivity index (χ4v) is 2.47. The van der Waals surface area contributed by atoms with E-state index in [1.54, 1.807) is 12.1 Å². The number of hydrogen-bond acceptors (Lipinski definition) is 3. The van der Waals surface area contributed by atoms with Gasteiger partial charge in [-0.25, -0.2) is 13.6 Å². The molecule has 2 rings (SSSR count). The highest BCUT2D eigenvalue weighted by Crippen LogP contribution is 2.19. The number of hydrogen-bond donors (Lipinski definition) is 1. The summed E-state index contributed by atoms with van der Waals surface area (Å²) < 4.78 is 28.0. The van der Waals surface area contributed by atoms with Crippen molar-refractivity contribution in [1.29, 1.82) is 0 Å². The fourth-order valence-electron chi connectivity index (χ4n) is 1.96. The predicted octanol–water partition coefficient (Wildman–Crippen LogP) is 2.53. The molecule has 0 heterocycles. The Morgan fingerprint density at radius 2 is 1.55 bits per heavy atom. The predicted molar refractivity (Wildman–Crippen MR) is 78.1 cm³/mol. The van der Waals surface area contributed by atoms with Crippen molar-refractivity contribution in [2.75, 3.05) is 0 Å². The van der Waals surface area contributed by atoms with E-state index < -0.39 is 10.0 Å². The minimum Gasteiger partial charge on any atom is -0.489 e. The largest absolute Gasteiger partial charge is 0.489 e. The Kier molecular flexibility index (Phi) is 4.11. The van der Waals surface area contributed by atoms with Crippen LogP contribution in [0.5, 0.6) is 5.75 Å². The Morgan fingerprint density at radius 1 is 1.00 bits per heavy atom. The lowest BCUT2D eigenvalue weighted by Crippen LogP contribution is -2.11. The first-order valence-electron chi connectivity index (χ1n) is 6.18. The molecule has 2 aromatic carbocycles. The van der Waals surface area contributed by atoms with E-state index in [0.29, 0.717) is 12.4 Å². The topological polar surface area (TPSA) is 69.4 Å². The molecule has 0 aliphatic rings. The van der Waals surface area contributed by atoms with E-state index in [4.69, 9.17) is 9.88 Å². The molecule has 0 radical (unpaired) electrons. The maximum absolute atomic E-state index is 11.1. The first-order chi connectivity index (χ1) is 9.38. The van der Waals surface area contributed by atoms with Crippen LogP contribution in [-0.2, 0) is 16.6 Å². The van der Waals surface area contributed by atoms with Crippen LogP contribution in [0.1, 0.15) is 16.7 Å². The number of benzene rings is 2. The SMILES string of the molecule is Cc1cccc(C)c1COc1ccc(S(N)(=O)=O)cc1. The van der Waals surface area contributed by atoms with E-state index in [2.05, 4.69) is 0 Å². The van der Waals surface area contributed by atoms with Gasteiger partial charge in [-0.15, -0.1) is 0 Å². The van der Waals surface area contributed by atoms with Crippen molar-refractivity contribution >= 4 is 10.0 Å². The lowest BCUT2D eigenvalue weighted by Gasteiger charge is -2.11. The van der Waals surface area contributed by atoms with Crippen LogP contribution >= 0.6 is 0 Å². The van der Waals surface area contributed by atoms with Gasteiger partial charge in [0.25, 0.3) is 0 Å². The second-order valence-corrected chi connectivity index (χ2v) is 6.24. The number of ether oxygens (including phenoxy) is 1. The Labute approximate surface area is 119 Å². The minimum absolute atomic E-state index is 0.0805. The monoisotopic (exact) mass is 291 g/mol. The van der Waals surface area contributed by atoms with Crippen molar-refractivity contribution in [3.63, 3.8) is 0 Å². The number of nitrogens with two attached hydrogens (primary N) is 1. The molecule has 0 bridgehead atoms. The summed E-state index contributed by atoms with van der Waals surface area (Å²) in [4.78, 5) is 0.0805. The van der Waals surface area contributed by atoms with Crippen LogP contribution in [-0.4, -0.2) is 8.42 Å². The maximum atomic E-state index is 11.1. The van der Waals surface area contributed by atoms with E-state index in [1.807, 2.05) is 32.0 Å². The van der Waals surface area contributed by atoms with Crippen molar-refractivity contribution in [3.8, 4) is 5.75 Å². The van der Waals surface area contributed by atoms with Gasteiger partial charge in [-0.2, -0.15) is 0 Å². The maximum Gasteiger partial charge on any atom is 0.238 e. The summed E-state index contributed by atoms with van der Waals surface area (Å²) in [5.41, 5.74) is 3.49. The van der Waals surface area contributed by atoms with Crippen LogP contribution in [0, 0.1) is 13.8 Å². The molecule has 2 N–H and O–H groups in total. The molecule has 0 fully saturated rings. The Hall–Kier alpha value is -1.85. The van der Waals surface area contributed by atoms with Gasteiger partial charge in [0, 0.05) is 0 Å². The van der Waals surface area contributed by atoms with Gasteiger partial charge in [0.2, 0.25) is 10.0 Å². The van der Waals surface area contributed by atoms with Crippen molar-refractivity contribution in [1.82, 2.24) is 0 Å². The second-order valence-electron chi connectivity index (χ2n) is 4.68. The van der Waals surface area contributed by atoms with Crippen LogP contribution in [0.25, 0.3) is 0 Å². The smallest absolute Gasteiger partial charge is 0.238 e. The van der Waals surface area contributed by atoms with Crippen LogP contribution in [0.3, 0.4) is 0 Å². The summed E-state index contributed by atoms with van der Waals surface area (Å²) >= 11 is 0. The average Bonchev–Trinajstić information content (AvgIpc) is 2.37. The number of primary sulfonamides is 1. The van der Waals surface area contributed by atoms with Crippen LogP contribution < -0.4 is 9.88 Å². The van der Waals surface area contributed by atoms with E-state index in [1.165, 1.54) is 23.3 Å². The molecule has 0 aliphatic heterocycles. The zero-order chi connectivity index (χ0) is 14.8. The van der Waals surface area contributed by atoms with Gasteiger partial charge in [0.15, 0.2) is 0 Å². The molecule has 0 atom stereocenters. The molecule has 0 spiro atoms. The van der Waals surface area contributed by atoms with E-state index in [0.717, 1.165) is 5.56 Å². The van der Waals surface area contributed by atoms with Crippen molar-refractivity contribution in [3.05, 3.63) is 59.2 Å². The van der Waals surface area contributed by atoms with Gasteiger partial charge in [0.05, 0.1) is 4.90 Å². The quantitative estimate of drug-likeness (QED) is 0.941. The van der Waals surface area contributed by atoms with Gasteiger partial charge in [-0.05, 0) is 54.8 Å². The molecular weight excluding hydrogens is 274 g/mol. The third-order valence-electron chi connectivity index (χ3n) is 3.18. The first kappa shape index (κ1) is 14.6. The van der Waals surface area contributed by atoms with E-state index in [9.17, 15) is 8.42 Å². The summed E-state index contributed by atoms with van der Waals surface area (Å²) in [6.07, 6.45) is 0. The van der Waals surface area contributed by atoms with E-state index in [-0.39, 0.29) is 4.90 Å². The summed E-state index contributed by atoms with van der Waals surface area (Å²) in [6.45, 7) is 4.53. The van der Waals surface area contributed by atoms with Gasteiger partial charge >= 0.3 is 0 Å².